The third-order valence-electron chi connectivity index (χ3n) is 16.9. The molecule has 3 aromatic carbocycles. The van der Waals surface area contributed by atoms with Crippen molar-refractivity contribution in [2.24, 2.45) is 15.0 Å². The van der Waals surface area contributed by atoms with Gasteiger partial charge in [-0.1, -0.05) is 89.4 Å². The summed E-state index contributed by atoms with van der Waals surface area (Å²) in [7, 11) is 8.35. The number of hydrogen-bond donors (Lipinski definition) is 5. The summed E-state index contributed by atoms with van der Waals surface area (Å²) in [4.78, 5) is 45.3. The second-order valence-corrected chi connectivity index (χ2v) is 24.1. The van der Waals surface area contributed by atoms with Crippen LogP contribution >= 0.6 is 34.8 Å². The maximum absolute atomic E-state index is 7.98. The number of nitrogens with one attached hydrogen (secondary N) is 5. The number of rotatable bonds is 12. The van der Waals surface area contributed by atoms with Gasteiger partial charge in [0.1, 0.15) is 45.9 Å². The van der Waals surface area contributed by atoms with Crippen molar-refractivity contribution in [3.63, 3.8) is 0 Å². The second kappa shape index (κ2) is 22.9. The fourth-order valence-electron chi connectivity index (χ4n) is 11.8. The van der Waals surface area contributed by atoms with Crippen LogP contribution in [0.15, 0.2) is 112 Å². The van der Waals surface area contributed by atoms with Gasteiger partial charge in [0.15, 0.2) is 17.5 Å². The molecule has 0 amide bonds. The monoisotopic (exact) mass is 1220 g/mol. The van der Waals surface area contributed by atoms with E-state index in [9.17, 15) is 0 Å². The second-order valence-electron chi connectivity index (χ2n) is 22.9. The van der Waals surface area contributed by atoms with E-state index in [-0.39, 0.29) is 0 Å². The first kappa shape index (κ1) is 56.1. The van der Waals surface area contributed by atoms with Gasteiger partial charge in [0.2, 0.25) is 0 Å². The summed E-state index contributed by atoms with van der Waals surface area (Å²) < 4.78 is 2.04. The number of halogens is 3. The largest absolute Gasteiger partial charge is 0.358 e. The topological polar surface area (TPSA) is 206 Å². The highest BCUT2D eigenvalue weighted by atomic mass is 35.5. The Bertz CT molecular complexity index is 4270. The van der Waals surface area contributed by atoms with Crippen molar-refractivity contribution >= 4 is 121 Å². The van der Waals surface area contributed by atoms with Gasteiger partial charge in [-0.2, -0.15) is 15.3 Å². The predicted molar refractivity (Wildman–Crippen MR) is 351 cm³/mol. The third kappa shape index (κ3) is 10.5. The zero-order valence-electron chi connectivity index (χ0n) is 49.3. The van der Waals surface area contributed by atoms with Gasteiger partial charge in [0, 0.05) is 129 Å². The average Bonchev–Trinajstić information content (AvgIpc) is 1.83. The number of aliphatic imine (C=N–C) groups is 3. The first-order chi connectivity index (χ1) is 42.2. The van der Waals surface area contributed by atoms with Crippen LogP contribution < -0.4 is 30.7 Å². The van der Waals surface area contributed by atoms with Gasteiger partial charge in [-0.15, -0.1) is 0 Å². The molecule has 5 N–H and O–H groups in total. The number of nitrogens with zero attached hydrogens (tertiary/aromatic N) is 16. The number of piperazine rings is 2. The number of aryl methyl sites for hydroxylation is 2. The molecule has 0 atom stereocenters. The van der Waals surface area contributed by atoms with Crippen LogP contribution in [0.1, 0.15) is 50.6 Å². The molecule has 442 valence electrons. The van der Waals surface area contributed by atoms with Crippen LogP contribution in [0.3, 0.4) is 0 Å². The summed E-state index contributed by atoms with van der Waals surface area (Å²) in [5.74, 6) is 4.27. The fraction of sp³-hybridized carbons (Fsp3) is 0.286. The zero-order valence-corrected chi connectivity index (χ0v) is 51.6. The Labute approximate surface area is 518 Å². The smallest absolute Gasteiger partial charge is 0.178 e. The van der Waals surface area contributed by atoms with Crippen molar-refractivity contribution in [3.8, 4) is 11.1 Å². The Hall–Kier alpha value is -8.70. The number of benzene rings is 3. The fourth-order valence-corrected chi connectivity index (χ4v) is 12.5. The molecule has 14 rings (SSSR count). The summed E-state index contributed by atoms with van der Waals surface area (Å²) in [5, 5.41) is 33.4. The molecule has 9 aromatic rings. The lowest BCUT2D eigenvalue weighted by atomic mass is 9.94. The Morgan fingerprint density at radius 1 is 0.540 bits per heavy atom. The van der Waals surface area contributed by atoms with E-state index in [1.807, 2.05) is 91.6 Å². The zero-order chi connectivity index (χ0) is 59.8. The Morgan fingerprint density at radius 2 is 1.14 bits per heavy atom. The van der Waals surface area contributed by atoms with Crippen LogP contribution in [0.4, 0.5) is 69.0 Å². The Kier molecular flexibility index (Phi) is 14.7. The summed E-state index contributed by atoms with van der Waals surface area (Å²) in [6, 6.07) is 28.0. The molecule has 21 nitrogen and oxygen atoms in total. The van der Waals surface area contributed by atoms with Crippen LogP contribution in [0, 0.1) is 20.8 Å². The molecule has 0 saturated carbocycles. The predicted octanol–water partition coefficient (Wildman–Crippen LogP) is 11.3. The Balaban J connectivity index is 0.831. The molecule has 87 heavy (non-hydrogen) atoms. The number of pyridine rings is 3. The van der Waals surface area contributed by atoms with Crippen LogP contribution in [-0.2, 0) is 6.67 Å². The molecule has 0 unspecified atom stereocenters. The molecule has 0 radical (unpaired) electrons. The van der Waals surface area contributed by atoms with E-state index >= 15 is 0 Å². The molecule has 11 heterocycles. The lowest BCUT2D eigenvalue weighted by Gasteiger charge is -2.36. The molecule has 5 aliphatic heterocycles. The van der Waals surface area contributed by atoms with E-state index in [0.29, 0.717) is 99.5 Å². The van der Waals surface area contributed by atoms with Crippen molar-refractivity contribution in [3.05, 3.63) is 163 Å². The molecule has 24 heteroatoms. The first-order valence-corrected chi connectivity index (χ1v) is 30.2. The van der Waals surface area contributed by atoms with Gasteiger partial charge >= 0.3 is 0 Å². The van der Waals surface area contributed by atoms with Crippen molar-refractivity contribution in [1.29, 1.82) is 0 Å². The SMILES string of the molecule is Cc1[nH]nc2c1N=C(c1cccc(-c3cc(N4CCN(Cn5nc6c(c5C)N=C(c5ccccc5Cl)c5cnc(N(C)CCN(C)C)cc5N6)CC4)nc4c3Nc3n[nH]c(C)c3N=C4c3ccccc3Cl)c1Cl)c1cc(N3CCN(C)CC3)ncc1N2. The van der Waals surface area contributed by atoms with Gasteiger partial charge in [0.25, 0.3) is 0 Å². The van der Waals surface area contributed by atoms with E-state index < -0.39 is 0 Å². The average molecular weight is 1220 g/mol. The van der Waals surface area contributed by atoms with Gasteiger partial charge in [0.05, 0.1) is 68.5 Å². The van der Waals surface area contributed by atoms with Gasteiger partial charge in [-0.25, -0.2) is 29.9 Å². The molecule has 0 bridgehead atoms. The molecule has 2 saturated heterocycles. The van der Waals surface area contributed by atoms with E-state index in [1.165, 1.54) is 0 Å². The standard InChI is InChI=1S/C63H64Cl3N21/c1-35-53-61(78-76-35)70-48-33-68-50(85-25-20-82(6)21-26-85)30-43(48)57(72-53)41-16-12-15-38(52(41)66)42-29-51(71-60-58(40-14-9-11-18-46(40)65)73-54-36(2)77-79-62(54)75-59(42)60)86-27-23-84(24-28-86)34-87-37(3)55-63(80-87)69-47-31-49(83(7)22-19-81(4)5)67-32-44(47)56(74-55)39-13-8-10-17-45(39)64/h8-18,29-33H,19-28,34H2,1-7H3,(H,69,80)(H2,70,76,78)(H2,75,77,79). The number of aromatic amines is 2. The number of anilines is 9. The highest BCUT2D eigenvalue weighted by Crippen LogP contribution is 2.47. The quantitative estimate of drug-likeness (QED) is 0.0771. The van der Waals surface area contributed by atoms with E-state index in [4.69, 9.17) is 74.9 Å². The maximum Gasteiger partial charge on any atom is 0.178 e. The number of likely N-dealkylation sites (N-methyl/N-ethyl adjacent to an activating group) is 3. The summed E-state index contributed by atoms with van der Waals surface area (Å²) in [6.07, 6.45) is 3.76. The van der Waals surface area contributed by atoms with E-state index in [2.05, 4.69) is 120 Å². The lowest BCUT2D eigenvalue weighted by Crippen LogP contribution is -2.47. The van der Waals surface area contributed by atoms with Crippen molar-refractivity contribution in [2.75, 3.05) is 124 Å². The summed E-state index contributed by atoms with van der Waals surface area (Å²) >= 11 is 22.0. The van der Waals surface area contributed by atoms with Crippen LogP contribution in [0.2, 0.25) is 15.1 Å². The molecular formula is C63H64Cl3N21. The molecule has 0 spiro atoms. The molecule has 2 fully saturated rings. The van der Waals surface area contributed by atoms with Crippen LogP contribution in [0.5, 0.6) is 0 Å². The first-order valence-electron chi connectivity index (χ1n) is 29.1. The van der Waals surface area contributed by atoms with Gasteiger partial charge < -0.3 is 40.4 Å². The third-order valence-corrected chi connectivity index (χ3v) is 17.9. The molecule has 5 aliphatic rings. The Morgan fingerprint density at radius 3 is 1.85 bits per heavy atom. The van der Waals surface area contributed by atoms with Gasteiger partial charge in [-0.3, -0.25) is 19.8 Å². The van der Waals surface area contributed by atoms with Crippen molar-refractivity contribution in [1.82, 2.24) is 59.8 Å². The minimum absolute atomic E-state index is 0.494. The number of H-pyrrole nitrogens is 2. The highest BCUT2D eigenvalue weighted by molar-refractivity contribution is 6.39. The summed E-state index contributed by atoms with van der Waals surface area (Å²) in [5.41, 5.74) is 15.0. The van der Waals surface area contributed by atoms with Crippen LogP contribution in [0.25, 0.3) is 11.1 Å². The maximum atomic E-state index is 7.98. The lowest BCUT2D eigenvalue weighted by molar-refractivity contribution is 0.194. The minimum Gasteiger partial charge on any atom is -0.358 e. The normalized spacial score (nSPS) is 15.7. The van der Waals surface area contributed by atoms with E-state index in [0.717, 1.165) is 136 Å². The van der Waals surface area contributed by atoms with Crippen molar-refractivity contribution < 1.29 is 0 Å². The summed E-state index contributed by atoms with van der Waals surface area (Å²) in [6.45, 7) is 14.5. The molecule has 0 aliphatic carbocycles. The van der Waals surface area contributed by atoms with Crippen molar-refractivity contribution in [2.45, 2.75) is 27.4 Å². The minimum atomic E-state index is 0.494. The molecular weight excluding hydrogens is 1160 g/mol. The number of fused-ring (bicyclic) bond motifs is 6. The van der Waals surface area contributed by atoms with E-state index in [1.54, 1.807) is 0 Å². The van der Waals surface area contributed by atoms with Crippen LogP contribution in [-0.4, -0.2) is 171 Å². The highest BCUT2D eigenvalue weighted by Gasteiger charge is 2.33. The molecule has 6 aromatic heterocycles. The van der Waals surface area contributed by atoms with Gasteiger partial charge in [-0.05, 0) is 66.2 Å². The number of hydrogen-bond acceptors (Lipinski definition) is 18. The number of aromatic nitrogens is 9.